The Labute approximate surface area is 148 Å². The summed E-state index contributed by atoms with van der Waals surface area (Å²) in [6, 6.07) is 7.40. The minimum Gasteiger partial charge on any atom is -0.351 e. The number of nitrogens with one attached hydrogen (secondary N) is 2. The van der Waals surface area contributed by atoms with E-state index in [1.54, 1.807) is 12.1 Å². The number of carbonyl (C=O) groups excluding carboxylic acids is 1. The number of H-pyrrole nitrogens is 1. The Kier molecular flexibility index (Phi) is 6.44. The van der Waals surface area contributed by atoms with Crippen LogP contribution in [0.4, 0.5) is 0 Å². The van der Waals surface area contributed by atoms with Gasteiger partial charge in [-0.3, -0.25) is 4.79 Å². The van der Waals surface area contributed by atoms with Crippen LogP contribution in [-0.4, -0.2) is 16.9 Å². The van der Waals surface area contributed by atoms with Gasteiger partial charge in [-0.1, -0.05) is 55.0 Å². The van der Waals surface area contributed by atoms with Gasteiger partial charge in [0.05, 0.1) is 0 Å². The molecule has 0 fully saturated rings. The van der Waals surface area contributed by atoms with Gasteiger partial charge < -0.3 is 10.3 Å². The fourth-order valence-electron chi connectivity index (χ4n) is 2.57. The standard InChI is InChI=1S/C20H23ClN2O/c1-4-6-7-8-15(5-2)11-14(3)22-20(24)19-13-16-12-17(21)9-10-18(16)23-19/h4,6-10,12-14,23H,1,5,11H2,2-3H3,(H,22,24)/b7-6-,15-8+. The van der Waals surface area contributed by atoms with E-state index in [9.17, 15) is 4.79 Å². The lowest BCUT2D eigenvalue weighted by Gasteiger charge is -2.14. The van der Waals surface area contributed by atoms with Crippen molar-refractivity contribution in [1.82, 2.24) is 10.3 Å². The van der Waals surface area contributed by atoms with Crippen molar-refractivity contribution in [1.29, 1.82) is 0 Å². The lowest BCUT2D eigenvalue weighted by molar-refractivity contribution is 0.0936. The zero-order chi connectivity index (χ0) is 17.5. The Morgan fingerprint density at radius 2 is 2.17 bits per heavy atom. The number of aromatic nitrogens is 1. The predicted molar refractivity (Wildman–Crippen MR) is 103 cm³/mol. The van der Waals surface area contributed by atoms with Gasteiger partial charge in [0, 0.05) is 22.0 Å². The molecule has 0 saturated heterocycles. The van der Waals surface area contributed by atoms with Crippen LogP contribution in [-0.2, 0) is 0 Å². The Hall–Kier alpha value is -2.26. The molecule has 0 bridgehead atoms. The zero-order valence-corrected chi connectivity index (χ0v) is 14.9. The smallest absolute Gasteiger partial charge is 0.267 e. The fraction of sp³-hybridized carbons (Fsp3) is 0.250. The molecule has 0 aliphatic carbocycles. The number of benzene rings is 1. The molecule has 0 radical (unpaired) electrons. The Morgan fingerprint density at radius 1 is 1.38 bits per heavy atom. The molecule has 3 nitrogen and oxygen atoms in total. The molecule has 1 amide bonds. The van der Waals surface area contributed by atoms with Gasteiger partial charge in [0.25, 0.3) is 5.91 Å². The lowest BCUT2D eigenvalue weighted by atomic mass is 10.0. The van der Waals surface area contributed by atoms with E-state index in [-0.39, 0.29) is 11.9 Å². The third-order valence-corrected chi connectivity index (χ3v) is 4.04. The number of rotatable bonds is 7. The Morgan fingerprint density at radius 3 is 2.88 bits per heavy atom. The minimum absolute atomic E-state index is 0.0517. The maximum atomic E-state index is 12.4. The van der Waals surface area contributed by atoms with Crippen LogP contribution in [0.3, 0.4) is 0 Å². The zero-order valence-electron chi connectivity index (χ0n) is 14.1. The molecule has 24 heavy (non-hydrogen) atoms. The molecule has 1 aromatic heterocycles. The van der Waals surface area contributed by atoms with E-state index >= 15 is 0 Å². The first-order valence-electron chi connectivity index (χ1n) is 8.09. The number of halogens is 1. The summed E-state index contributed by atoms with van der Waals surface area (Å²) < 4.78 is 0. The molecule has 1 heterocycles. The van der Waals surface area contributed by atoms with Gasteiger partial charge in [0.15, 0.2) is 0 Å². The average molecular weight is 343 g/mol. The van der Waals surface area contributed by atoms with Crippen molar-refractivity contribution in [2.45, 2.75) is 32.7 Å². The predicted octanol–water partition coefficient (Wildman–Crippen LogP) is 5.41. The molecule has 0 aliphatic heterocycles. The topological polar surface area (TPSA) is 44.9 Å². The molecule has 1 atom stereocenters. The SMILES string of the molecule is C=C/C=C\C=C(/CC)CC(C)NC(=O)c1cc2cc(Cl)ccc2[nH]1. The third kappa shape index (κ3) is 4.87. The van der Waals surface area contributed by atoms with Crippen molar-refractivity contribution >= 4 is 28.4 Å². The number of hydrogen-bond donors (Lipinski definition) is 2. The highest BCUT2D eigenvalue weighted by Gasteiger charge is 2.13. The monoisotopic (exact) mass is 342 g/mol. The number of amides is 1. The Balaban J connectivity index is 2.03. The number of fused-ring (bicyclic) bond motifs is 1. The van der Waals surface area contributed by atoms with Crippen molar-refractivity contribution < 1.29 is 4.79 Å². The third-order valence-electron chi connectivity index (χ3n) is 3.81. The number of carbonyl (C=O) groups is 1. The van der Waals surface area contributed by atoms with Gasteiger partial charge >= 0.3 is 0 Å². The summed E-state index contributed by atoms with van der Waals surface area (Å²) in [4.78, 5) is 15.5. The molecule has 2 aromatic rings. The molecule has 1 unspecified atom stereocenters. The molecular weight excluding hydrogens is 320 g/mol. The summed E-state index contributed by atoms with van der Waals surface area (Å²) in [6.07, 6.45) is 9.46. The highest BCUT2D eigenvalue weighted by atomic mass is 35.5. The van der Waals surface area contributed by atoms with Gasteiger partial charge in [0.1, 0.15) is 5.69 Å². The highest BCUT2D eigenvalue weighted by molar-refractivity contribution is 6.31. The van der Waals surface area contributed by atoms with E-state index in [1.165, 1.54) is 5.57 Å². The minimum atomic E-state index is -0.105. The molecule has 1 aromatic carbocycles. The Bertz CT molecular complexity index is 786. The van der Waals surface area contributed by atoms with Crippen molar-refractivity contribution in [2.24, 2.45) is 0 Å². The van der Waals surface area contributed by atoms with Crippen molar-refractivity contribution in [3.05, 3.63) is 71.4 Å². The normalized spacial score (nSPS) is 13.4. The second-order valence-corrected chi connectivity index (χ2v) is 6.23. The van der Waals surface area contributed by atoms with Crippen LogP contribution >= 0.6 is 11.6 Å². The summed E-state index contributed by atoms with van der Waals surface area (Å²) in [6.45, 7) is 7.78. The summed E-state index contributed by atoms with van der Waals surface area (Å²) in [5.41, 5.74) is 2.73. The van der Waals surface area contributed by atoms with Crippen LogP contribution in [0.25, 0.3) is 10.9 Å². The van der Waals surface area contributed by atoms with Crippen LogP contribution in [0, 0.1) is 0 Å². The summed E-state index contributed by atoms with van der Waals surface area (Å²) in [5, 5.41) is 4.63. The van der Waals surface area contributed by atoms with Crippen LogP contribution in [0.5, 0.6) is 0 Å². The van der Waals surface area contributed by atoms with Crippen LogP contribution in [0.15, 0.2) is 60.7 Å². The van der Waals surface area contributed by atoms with E-state index in [4.69, 9.17) is 11.6 Å². The van der Waals surface area contributed by atoms with E-state index in [0.29, 0.717) is 10.7 Å². The maximum absolute atomic E-state index is 12.4. The highest BCUT2D eigenvalue weighted by Crippen LogP contribution is 2.20. The summed E-state index contributed by atoms with van der Waals surface area (Å²) >= 11 is 5.98. The van der Waals surface area contributed by atoms with Gasteiger partial charge in [0.2, 0.25) is 0 Å². The van der Waals surface area contributed by atoms with E-state index in [0.717, 1.165) is 23.7 Å². The van der Waals surface area contributed by atoms with Gasteiger partial charge in [-0.05, 0) is 44.0 Å². The molecule has 2 rings (SSSR count). The van der Waals surface area contributed by atoms with Gasteiger partial charge in [-0.15, -0.1) is 0 Å². The number of hydrogen-bond acceptors (Lipinski definition) is 1. The molecule has 126 valence electrons. The van der Waals surface area contributed by atoms with Crippen molar-refractivity contribution in [2.75, 3.05) is 0 Å². The molecular formula is C20H23ClN2O. The first kappa shape index (κ1) is 18.1. The number of aromatic amines is 1. The molecule has 4 heteroatoms. The second-order valence-electron chi connectivity index (χ2n) is 5.79. The largest absolute Gasteiger partial charge is 0.351 e. The fourth-order valence-corrected chi connectivity index (χ4v) is 2.75. The van der Waals surface area contributed by atoms with Crippen molar-refractivity contribution in [3.8, 4) is 0 Å². The summed E-state index contributed by atoms with van der Waals surface area (Å²) in [7, 11) is 0. The first-order chi connectivity index (χ1) is 11.5. The molecule has 2 N–H and O–H groups in total. The molecule has 0 saturated carbocycles. The molecule has 0 spiro atoms. The molecule has 0 aliphatic rings. The number of allylic oxidation sites excluding steroid dienone is 4. The summed E-state index contributed by atoms with van der Waals surface area (Å²) in [5.74, 6) is -0.105. The first-order valence-corrected chi connectivity index (χ1v) is 8.47. The average Bonchev–Trinajstić information content (AvgIpc) is 2.97. The van der Waals surface area contributed by atoms with Gasteiger partial charge in [-0.25, -0.2) is 0 Å². The second kappa shape index (κ2) is 8.55. The maximum Gasteiger partial charge on any atom is 0.267 e. The van der Waals surface area contributed by atoms with Crippen molar-refractivity contribution in [3.63, 3.8) is 0 Å². The van der Waals surface area contributed by atoms with E-state index < -0.39 is 0 Å². The van der Waals surface area contributed by atoms with Gasteiger partial charge in [-0.2, -0.15) is 0 Å². The van der Waals surface area contributed by atoms with E-state index in [1.807, 2.05) is 37.3 Å². The van der Waals surface area contributed by atoms with Crippen LogP contribution < -0.4 is 5.32 Å². The van der Waals surface area contributed by atoms with E-state index in [2.05, 4.69) is 29.9 Å². The van der Waals surface area contributed by atoms with Crippen LogP contribution in [0.2, 0.25) is 5.02 Å². The lowest BCUT2D eigenvalue weighted by Crippen LogP contribution is -2.33. The van der Waals surface area contributed by atoms with Crippen LogP contribution in [0.1, 0.15) is 37.2 Å². The quantitative estimate of drug-likeness (QED) is 0.649.